The topological polar surface area (TPSA) is 240 Å². The van der Waals surface area contributed by atoms with E-state index in [9.17, 15) is 0 Å². The van der Waals surface area contributed by atoms with Gasteiger partial charge in [-0.2, -0.15) is 0 Å². The Hall–Kier alpha value is 4.60. The highest BCUT2D eigenvalue weighted by Crippen LogP contribution is 2.38. The van der Waals surface area contributed by atoms with E-state index in [0.29, 0.717) is 0 Å². The second-order valence-electron chi connectivity index (χ2n) is 39.0. The Balaban J connectivity index is 3.79. The fourth-order valence-electron chi connectivity index (χ4n) is 15.9. The van der Waals surface area contributed by atoms with E-state index < -0.39 is 223 Å². The SMILES string of the molecule is C[Si]1(C)O[Si](C)(C)O[Si](C)(C)O[Si](C)(C)O[Si](C)(C)O[Si](C)(C)O[Si](C)(C)O[Si](C)(C)O[Si](C)(C)O[Si](C)(C)O[Si](C)(C)O[Si](C)(C)O[Si](C)(C)O[Si](C)(C)O[Si](C)(C)O[Si](C)(C)O[Si](C)(C)O[Si](C)(C)O[Si](C)(C)O[Si](C)(C)O[Si](C)(C)O[Si](C)(C)O[Si](C)(C)O[Si](C)(C)O[Si](C)(C)O[Si](C)(C)O1. The van der Waals surface area contributed by atoms with Gasteiger partial charge in [0.25, 0.3) is 0 Å². The first-order valence-electron chi connectivity index (χ1n) is 36.6. The smallest absolute Gasteiger partial charge is 0.314 e. The molecule has 0 bridgehead atoms. The summed E-state index contributed by atoms with van der Waals surface area (Å²) in [6.07, 6.45) is 0. The Morgan fingerprint density at radius 3 is 0.0962 bits per heavy atom. The van der Waals surface area contributed by atoms with Crippen LogP contribution in [0.2, 0.25) is 340 Å². The monoisotopic (exact) mass is 1920 g/mol. The fraction of sp³-hybridized carbons (Fsp3) is 1.00. The molecule has 0 aliphatic carbocycles. The summed E-state index contributed by atoms with van der Waals surface area (Å²) in [6.45, 7) is 107. The Bertz CT molecular complexity index is 1830. The number of rotatable bonds is 0. The molecule has 52 heteroatoms. The second kappa shape index (κ2) is 35.1. The van der Waals surface area contributed by atoms with E-state index in [0.717, 1.165) is 0 Å². The molecule has 1 fully saturated rings. The minimum Gasteiger partial charge on any atom is -0.416 e. The highest BCUT2D eigenvalue weighted by molar-refractivity contribution is 6.98. The van der Waals surface area contributed by atoms with Crippen LogP contribution in [0.5, 0.6) is 0 Å². The van der Waals surface area contributed by atoms with Crippen LogP contribution in [-0.2, 0) is 107 Å². The van der Waals surface area contributed by atoms with Crippen molar-refractivity contribution in [3.63, 3.8) is 0 Å². The van der Waals surface area contributed by atoms with E-state index in [-0.39, 0.29) is 0 Å². The lowest BCUT2D eigenvalue weighted by Gasteiger charge is -2.45. The average molecular weight is 1930 g/mol. The maximum absolute atomic E-state index is 7.00. The van der Waals surface area contributed by atoms with Crippen LogP contribution in [0.1, 0.15) is 0 Å². The maximum Gasteiger partial charge on any atom is 0.314 e. The predicted octanol–water partition coefficient (Wildman–Crippen LogP) is 18.7. The van der Waals surface area contributed by atoms with Crippen molar-refractivity contribution < 1.29 is 107 Å². The Morgan fingerprint density at radius 2 is 0.0769 bits per heavy atom. The molecule has 624 valence electrons. The molecule has 0 radical (unpaired) electrons. The molecule has 0 spiro atoms. The zero-order valence-electron chi connectivity index (χ0n) is 75.6. The molecule has 1 aliphatic heterocycles. The first kappa shape index (κ1) is 107. The van der Waals surface area contributed by atoms with Crippen LogP contribution < -0.4 is 0 Å². The summed E-state index contributed by atoms with van der Waals surface area (Å²) in [4.78, 5) is 0. The first-order chi connectivity index (χ1) is 44.4. The summed E-state index contributed by atoms with van der Waals surface area (Å²) in [5.74, 6) is 0. The zero-order valence-corrected chi connectivity index (χ0v) is 102. The van der Waals surface area contributed by atoms with Gasteiger partial charge in [-0.1, -0.05) is 0 Å². The Morgan fingerprint density at radius 1 is 0.0577 bits per heavy atom. The van der Waals surface area contributed by atoms with Gasteiger partial charge < -0.3 is 107 Å². The lowest BCUT2D eigenvalue weighted by atomic mass is 11.9. The molecule has 0 saturated carbocycles. The standard InChI is InChI=1S/C52H156O26Si26/c1-79(2)53-80(3,4)55-82(7,8)57-84(11,12)59-86(15,16)61-88(19,20)63-90(23,24)65-92(27,28)67-94(31,32)69-96(35,36)71-98(39,40)73-100(43,44)75-102(47,48)77-104(51,52)78-103(49,50)76-101(45,46)74-99(41,42)72-97(37,38)70-95(33,34)68-93(29,30)66-91(25,26)64-89(21,22)62-87(17,18)60-85(13,14)58-83(9,10)56-81(5,6)54-79/h1-52H3. The van der Waals surface area contributed by atoms with Gasteiger partial charge in [-0.15, -0.1) is 0 Å². The first-order valence-corrected chi connectivity index (χ1v) is 110. The summed E-state index contributed by atoms with van der Waals surface area (Å²) < 4.78 is 182. The van der Waals surface area contributed by atoms with Gasteiger partial charge in [0.15, 0.2) is 0 Å². The molecule has 0 amide bonds. The van der Waals surface area contributed by atoms with Gasteiger partial charge in [0.1, 0.15) is 0 Å². The molecule has 1 rings (SSSR count). The molecule has 1 saturated heterocycles. The summed E-state index contributed by atoms with van der Waals surface area (Å²) in [5, 5.41) is 0. The lowest BCUT2D eigenvalue weighted by molar-refractivity contribution is 0.245. The van der Waals surface area contributed by atoms with Crippen molar-refractivity contribution in [3.8, 4) is 0 Å². The van der Waals surface area contributed by atoms with E-state index in [1.54, 1.807) is 0 Å². The van der Waals surface area contributed by atoms with Gasteiger partial charge in [0.2, 0.25) is 0 Å². The normalized spacial score (nSPS) is 31.5. The van der Waals surface area contributed by atoms with Crippen molar-refractivity contribution in [1.82, 2.24) is 0 Å². The van der Waals surface area contributed by atoms with Crippen molar-refractivity contribution in [2.24, 2.45) is 0 Å². The highest BCUT2D eigenvalue weighted by Gasteiger charge is 2.57. The molecule has 104 heavy (non-hydrogen) atoms. The molecule has 1 aliphatic rings. The van der Waals surface area contributed by atoms with Gasteiger partial charge in [-0.3, -0.25) is 0 Å². The zero-order chi connectivity index (χ0) is 83.4. The molecule has 0 atom stereocenters. The second-order valence-corrected chi connectivity index (χ2v) is 133. The van der Waals surface area contributed by atoms with Crippen molar-refractivity contribution in [3.05, 3.63) is 0 Å². The third kappa shape index (κ3) is 46.1. The minimum atomic E-state index is -2.91. The highest BCUT2D eigenvalue weighted by atomic mass is 28.6. The summed E-state index contributed by atoms with van der Waals surface area (Å²) in [6, 6.07) is 0. The number of hydrogen-bond donors (Lipinski definition) is 0. The summed E-state index contributed by atoms with van der Waals surface area (Å²) in [5.41, 5.74) is 0. The van der Waals surface area contributed by atoms with Crippen LogP contribution >= 0.6 is 0 Å². The maximum atomic E-state index is 7.00. The Kier molecular flexibility index (Phi) is 36.0. The van der Waals surface area contributed by atoms with E-state index in [2.05, 4.69) is 340 Å². The van der Waals surface area contributed by atoms with Crippen molar-refractivity contribution in [2.45, 2.75) is 340 Å². The summed E-state index contributed by atoms with van der Waals surface area (Å²) in [7, 11) is -75.7. The average Bonchev–Trinajstić information content (AvgIpc) is 0.808. The molecule has 0 aromatic rings. The van der Waals surface area contributed by atoms with Crippen LogP contribution in [0.25, 0.3) is 0 Å². The van der Waals surface area contributed by atoms with Gasteiger partial charge in [0.05, 0.1) is 0 Å². The lowest BCUT2D eigenvalue weighted by Crippen LogP contribution is -2.63. The largest absolute Gasteiger partial charge is 0.416 e. The number of hydrogen-bond acceptors (Lipinski definition) is 26. The molecular formula is C52H156O26Si26. The molecular weight excluding hydrogens is 1770 g/mol. The van der Waals surface area contributed by atoms with Crippen molar-refractivity contribution in [1.29, 1.82) is 0 Å². The van der Waals surface area contributed by atoms with Crippen LogP contribution in [-0.4, -0.2) is 223 Å². The molecule has 0 unspecified atom stereocenters. The van der Waals surface area contributed by atoms with Crippen molar-refractivity contribution in [2.75, 3.05) is 0 Å². The molecule has 26 nitrogen and oxygen atoms in total. The van der Waals surface area contributed by atoms with Crippen LogP contribution in [0.3, 0.4) is 0 Å². The summed E-state index contributed by atoms with van der Waals surface area (Å²) >= 11 is 0. The van der Waals surface area contributed by atoms with E-state index in [1.807, 2.05) is 0 Å². The van der Waals surface area contributed by atoms with Crippen LogP contribution in [0.4, 0.5) is 0 Å². The van der Waals surface area contributed by atoms with Crippen LogP contribution in [0.15, 0.2) is 0 Å². The molecule has 0 aromatic carbocycles. The Labute approximate surface area is 664 Å². The molecule has 0 N–H and O–H groups in total. The van der Waals surface area contributed by atoms with Crippen LogP contribution in [0, 0.1) is 0 Å². The van der Waals surface area contributed by atoms with E-state index in [1.165, 1.54) is 0 Å². The van der Waals surface area contributed by atoms with E-state index >= 15 is 0 Å². The quantitative estimate of drug-likeness (QED) is 0.205. The van der Waals surface area contributed by atoms with Gasteiger partial charge in [0, 0.05) is 0 Å². The fourth-order valence-corrected chi connectivity index (χ4v) is 153. The molecule has 0 aromatic heterocycles. The minimum absolute atomic E-state index is 2.05. The van der Waals surface area contributed by atoms with Crippen molar-refractivity contribution >= 4 is 223 Å². The molecule has 1 heterocycles. The van der Waals surface area contributed by atoms with E-state index in [4.69, 9.17) is 107 Å². The van der Waals surface area contributed by atoms with Gasteiger partial charge in [-0.05, 0) is 340 Å². The van der Waals surface area contributed by atoms with Gasteiger partial charge >= 0.3 is 223 Å². The predicted molar refractivity (Wildman–Crippen MR) is 483 cm³/mol. The third-order valence-corrected chi connectivity index (χ3v) is 115. The third-order valence-electron chi connectivity index (χ3n) is 12.8. The van der Waals surface area contributed by atoms with Gasteiger partial charge in [-0.25, -0.2) is 0 Å².